The van der Waals surface area contributed by atoms with Crippen molar-refractivity contribution in [1.82, 2.24) is 5.32 Å². The number of hydrogen-bond donors (Lipinski definition) is 1. The SMILES string of the molecule is CC(NC(C)(C)CC(C)(C)C)c1ccc2c(c1)OCCO2. The monoisotopic (exact) mass is 291 g/mol. The molecule has 1 aliphatic rings. The molecule has 0 spiro atoms. The molecule has 0 saturated heterocycles. The van der Waals surface area contributed by atoms with E-state index in [4.69, 9.17) is 9.47 Å². The van der Waals surface area contributed by atoms with Crippen LogP contribution >= 0.6 is 0 Å². The summed E-state index contributed by atoms with van der Waals surface area (Å²) in [6.07, 6.45) is 1.12. The first-order chi connectivity index (χ1) is 9.66. The lowest BCUT2D eigenvalue weighted by atomic mass is 9.81. The van der Waals surface area contributed by atoms with Crippen molar-refractivity contribution in [3.8, 4) is 11.5 Å². The summed E-state index contributed by atoms with van der Waals surface area (Å²) in [5, 5.41) is 3.74. The van der Waals surface area contributed by atoms with E-state index in [0.717, 1.165) is 17.9 Å². The molecule has 0 aliphatic carbocycles. The number of ether oxygens (including phenoxy) is 2. The van der Waals surface area contributed by atoms with Crippen LogP contribution in [0.3, 0.4) is 0 Å². The zero-order valence-corrected chi connectivity index (χ0v) is 14.2. The van der Waals surface area contributed by atoms with Crippen LogP contribution in [0.2, 0.25) is 0 Å². The molecule has 3 nitrogen and oxygen atoms in total. The van der Waals surface area contributed by atoms with Gasteiger partial charge in [0.1, 0.15) is 13.2 Å². The highest BCUT2D eigenvalue weighted by Crippen LogP contribution is 2.34. The number of rotatable bonds is 4. The van der Waals surface area contributed by atoms with E-state index in [1.807, 2.05) is 6.07 Å². The summed E-state index contributed by atoms with van der Waals surface area (Å²) in [6.45, 7) is 14.9. The van der Waals surface area contributed by atoms with Crippen LogP contribution in [0.15, 0.2) is 18.2 Å². The van der Waals surface area contributed by atoms with E-state index in [0.29, 0.717) is 18.6 Å². The highest BCUT2D eigenvalue weighted by atomic mass is 16.6. The average molecular weight is 291 g/mol. The molecular weight excluding hydrogens is 262 g/mol. The third-order valence-electron chi connectivity index (χ3n) is 3.65. The maximum atomic E-state index is 5.67. The van der Waals surface area contributed by atoms with Crippen LogP contribution in [0.25, 0.3) is 0 Å². The number of nitrogens with one attached hydrogen (secondary N) is 1. The summed E-state index contributed by atoms with van der Waals surface area (Å²) < 4.78 is 11.3. The minimum atomic E-state index is 0.0882. The summed E-state index contributed by atoms with van der Waals surface area (Å²) in [5.74, 6) is 1.71. The summed E-state index contributed by atoms with van der Waals surface area (Å²) in [5.41, 5.74) is 1.63. The second-order valence-electron chi connectivity index (χ2n) is 7.89. The topological polar surface area (TPSA) is 30.5 Å². The van der Waals surface area contributed by atoms with Crippen LogP contribution in [0.4, 0.5) is 0 Å². The lowest BCUT2D eigenvalue weighted by Gasteiger charge is -2.36. The van der Waals surface area contributed by atoms with Crippen molar-refractivity contribution in [3.63, 3.8) is 0 Å². The highest BCUT2D eigenvalue weighted by Gasteiger charge is 2.27. The molecule has 1 N–H and O–H groups in total. The van der Waals surface area contributed by atoms with Gasteiger partial charge in [0.15, 0.2) is 11.5 Å². The minimum absolute atomic E-state index is 0.0882. The van der Waals surface area contributed by atoms with E-state index in [9.17, 15) is 0 Å². The van der Waals surface area contributed by atoms with Crippen molar-refractivity contribution >= 4 is 0 Å². The predicted molar refractivity (Wildman–Crippen MR) is 87.1 cm³/mol. The van der Waals surface area contributed by atoms with E-state index in [2.05, 4.69) is 59.0 Å². The van der Waals surface area contributed by atoms with E-state index < -0.39 is 0 Å². The predicted octanol–water partition coefficient (Wildman–Crippen LogP) is 4.32. The fraction of sp³-hybridized carbons (Fsp3) is 0.667. The Kier molecular flexibility index (Phi) is 4.52. The summed E-state index contributed by atoms with van der Waals surface area (Å²) in [6, 6.07) is 6.51. The van der Waals surface area contributed by atoms with Gasteiger partial charge in [0.25, 0.3) is 0 Å². The van der Waals surface area contributed by atoms with E-state index in [-0.39, 0.29) is 11.6 Å². The molecular formula is C18H29NO2. The standard InChI is InChI=1S/C18H29NO2/c1-13(19-18(5,6)12-17(2,3)4)14-7-8-15-16(11-14)21-10-9-20-15/h7-8,11,13,19H,9-10,12H2,1-6H3. The maximum absolute atomic E-state index is 5.67. The molecule has 1 heterocycles. The zero-order valence-electron chi connectivity index (χ0n) is 14.2. The molecule has 3 heteroatoms. The molecule has 1 aromatic carbocycles. The Bertz CT molecular complexity index is 488. The third-order valence-corrected chi connectivity index (χ3v) is 3.65. The van der Waals surface area contributed by atoms with Crippen molar-refractivity contribution in [1.29, 1.82) is 0 Å². The van der Waals surface area contributed by atoms with E-state index >= 15 is 0 Å². The molecule has 1 unspecified atom stereocenters. The largest absolute Gasteiger partial charge is 0.486 e. The van der Waals surface area contributed by atoms with Crippen molar-refractivity contribution in [3.05, 3.63) is 23.8 Å². The first-order valence-electron chi connectivity index (χ1n) is 7.84. The maximum Gasteiger partial charge on any atom is 0.161 e. The third kappa shape index (κ3) is 4.63. The van der Waals surface area contributed by atoms with Gasteiger partial charge in [-0.2, -0.15) is 0 Å². The molecule has 0 radical (unpaired) electrons. The Labute approximate surface area is 129 Å². The van der Waals surface area contributed by atoms with Crippen LogP contribution < -0.4 is 14.8 Å². The zero-order chi connectivity index (χ0) is 15.7. The van der Waals surface area contributed by atoms with E-state index in [1.165, 1.54) is 5.56 Å². The van der Waals surface area contributed by atoms with Crippen molar-refractivity contribution < 1.29 is 9.47 Å². The average Bonchev–Trinajstić information content (AvgIpc) is 2.34. The molecule has 0 fully saturated rings. The molecule has 1 atom stereocenters. The molecule has 0 bridgehead atoms. The quantitative estimate of drug-likeness (QED) is 0.896. The first kappa shape index (κ1) is 16.2. The summed E-state index contributed by atoms with van der Waals surface area (Å²) in [4.78, 5) is 0. The Morgan fingerprint density at radius 3 is 2.29 bits per heavy atom. The molecule has 2 rings (SSSR count). The van der Waals surface area contributed by atoms with Gasteiger partial charge in [-0.25, -0.2) is 0 Å². The van der Waals surface area contributed by atoms with Crippen LogP contribution in [0.1, 0.15) is 59.6 Å². The number of hydrogen-bond acceptors (Lipinski definition) is 3. The minimum Gasteiger partial charge on any atom is -0.486 e. The molecule has 21 heavy (non-hydrogen) atoms. The molecule has 0 aromatic heterocycles. The van der Waals surface area contributed by atoms with Crippen molar-refractivity contribution in [2.75, 3.05) is 13.2 Å². The Balaban J connectivity index is 2.08. The lowest BCUT2D eigenvalue weighted by Crippen LogP contribution is -2.43. The lowest BCUT2D eigenvalue weighted by molar-refractivity contribution is 0.171. The second-order valence-corrected chi connectivity index (χ2v) is 7.89. The molecule has 118 valence electrons. The van der Waals surface area contributed by atoms with E-state index in [1.54, 1.807) is 0 Å². The smallest absolute Gasteiger partial charge is 0.161 e. The van der Waals surface area contributed by atoms with Crippen LogP contribution in [-0.2, 0) is 0 Å². The second kappa shape index (κ2) is 5.88. The van der Waals surface area contributed by atoms with Gasteiger partial charge in [-0.1, -0.05) is 26.8 Å². The van der Waals surface area contributed by atoms with Gasteiger partial charge in [0.05, 0.1) is 0 Å². The van der Waals surface area contributed by atoms with Crippen LogP contribution in [-0.4, -0.2) is 18.8 Å². The van der Waals surface area contributed by atoms with Crippen LogP contribution in [0, 0.1) is 5.41 Å². The normalized spacial score (nSPS) is 16.7. The van der Waals surface area contributed by atoms with Gasteiger partial charge in [-0.15, -0.1) is 0 Å². The Hall–Kier alpha value is -1.22. The molecule has 0 amide bonds. The Morgan fingerprint density at radius 1 is 1.05 bits per heavy atom. The molecule has 1 aliphatic heterocycles. The molecule has 0 saturated carbocycles. The van der Waals surface area contributed by atoms with Gasteiger partial charge in [0, 0.05) is 11.6 Å². The fourth-order valence-electron chi connectivity index (χ4n) is 3.38. The summed E-state index contributed by atoms with van der Waals surface area (Å²) >= 11 is 0. The van der Waals surface area contributed by atoms with Crippen molar-refractivity contribution in [2.45, 2.75) is 59.5 Å². The molecule has 1 aromatic rings. The van der Waals surface area contributed by atoms with Gasteiger partial charge in [-0.3, -0.25) is 0 Å². The number of fused-ring (bicyclic) bond motifs is 1. The highest BCUT2D eigenvalue weighted by molar-refractivity contribution is 5.44. The van der Waals surface area contributed by atoms with Crippen LogP contribution in [0.5, 0.6) is 11.5 Å². The van der Waals surface area contributed by atoms with Gasteiger partial charge >= 0.3 is 0 Å². The van der Waals surface area contributed by atoms with Gasteiger partial charge in [-0.05, 0) is 50.3 Å². The van der Waals surface area contributed by atoms with Gasteiger partial charge < -0.3 is 14.8 Å². The first-order valence-corrected chi connectivity index (χ1v) is 7.84. The number of benzene rings is 1. The van der Waals surface area contributed by atoms with Gasteiger partial charge in [0.2, 0.25) is 0 Å². The fourth-order valence-corrected chi connectivity index (χ4v) is 3.38. The summed E-state index contributed by atoms with van der Waals surface area (Å²) in [7, 11) is 0. The van der Waals surface area contributed by atoms with Crippen molar-refractivity contribution in [2.24, 2.45) is 5.41 Å². The Morgan fingerprint density at radius 2 is 1.67 bits per heavy atom.